The Hall–Kier alpha value is -11.2. The van der Waals surface area contributed by atoms with Gasteiger partial charge in [-0.05, 0) is 129 Å². The van der Waals surface area contributed by atoms with Crippen LogP contribution in [-0.2, 0) is 42.2 Å². The number of sulfone groups is 1. The molecule has 119 heavy (non-hydrogen) atoms. The van der Waals surface area contributed by atoms with E-state index in [4.69, 9.17) is 0 Å². The van der Waals surface area contributed by atoms with Crippen LogP contribution in [0, 0.1) is 39.0 Å². The van der Waals surface area contributed by atoms with Crippen LogP contribution in [-0.4, -0.2) is 255 Å². The van der Waals surface area contributed by atoms with Crippen molar-refractivity contribution in [1.82, 2.24) is 79.4 Å². The molecule has 4 saturated heterocycles. The number of nitrogens with zero attached hydrogens (tertiary/aromatic N) is 25. The van der Waals surface area contributed by atoms with Crippen molar-refractivity contribution in [2.45, 2.75) is 64.9 Å². The van der Waals surface area contributed by atoms with Gasteiger partial charge >= 0.3 is 6.18 Å². The van der Waals surface area contributed by atoms with Gasteiger partial charge in [-0.15, -0.1) is 0 Å². The SMILES string of the molecule is Cc1nc(CN(C)c2cc(Br)cc3cccnc23)cc(N2CCN(C)CC2)n1.Cc1nc(CN(C)c2cc(C#N)cc3cccnc23)cc(N2CCN(C)CC2)n1.Cc1nc(CN(C)c2cc(C(F)(F)F)cc3cccnc23)cc(N2CCN(C)CC2)n1.Cc1nc(CN(C)c2cc(S(C)(=O)=O)cc3cccnc23)cc(N2CCN(C)CC2)n1. The van der Waals surface area contributed by atoms with E-state index in [1.54, 1.807) is 54.8 Å². The number of anilines is 8. The average molecular weight is 1700 g/mol. The molecule has 27 nitrogen and oxygen atoms in total. The number of rotatable bonds is 17. The second kappa shape index (κ2) is 37.8. The van der Waals surface area contributed by atoms with Crippen LogP contribution >= 0.6 is 15.9 Å². The van der Waals surface area contributed by atoms with Crippen LogP contribution in [0.5, 0.6) is 0 Å². The van der Waals surface area contributed by atoms with E-state index < -0.39 is 21.6 Å². The number of nitriles is 1. The summed E-state index contributed by atoms with van der Waals surface area (Å²) in [5.41, 5.74) is 9.94. The number of hydrogen-bond donors (Lipinski definition) is 0. The molecule has 12 aromatic rings. The summed E-state index contributed by atoms with van der Waals surface area (Å²) in [6.45, 7) is 25.6. The number of pyridine rings is 4. The zero-order valence-corrected chi connectivity index (χ0v) is 72.3. The molecule has 16 rings (SSSR count). The van der Waals surface area contributed by atoms with Crippen molar-refractivity contribution in [3.63, 3.8) is 0 Å². The first-order valence-corrected chi connectivity index (χ1v) is 42.5. The molecule has 4 aliphatic rings. The average Bonchev–Trinajstić information content (AvgIpc) is 0.784. The van der Waals surface area contributed by atoms with Crippen molar-refractivity contribution in [2.24, 2.45) is 0 Å². The van der Waals surface area contributed by atoms with Gasteiger partial charge in [0.05, 0.1) is 116 Å². The smallest absolute Gasteiger partial charge is 0.367 e. The molecular weight excluding hydrogens is 1600 g/mol. The summed E-state index contributed by atoms with van der Waals surface area (Å²) in [5, 5.41) is 12.7. The molecular formula is C87H103BrF3N25O2S. The van der Waals surface area contributed by atoms with Crippen molar-refractivity contribution >= 4 is 115 Å². The minimum Gasteiger partial charge on any atom is -0.367 e. The first-order chi connectivity index (χ1) is 56.9. The molecule has 8 aromatic heterocycles. The molecule has 12 heterocycles. The maximum Gasteiger partial charge on any atom is 0.416 e. The Bertz CT molecular complexity index is 5740. The largest absolute Gasteiger partial charge is 0.416 e. The van der Waals surface area contributed by atoms with Crippen LogP contribution in [0.1, 0.15) is 57.2 Å². The number of benzene rings is 4. The van der Waals surface area contributed by atoms with Crippen LogP contribution in [0.4, 0.5) is 59.2 Å². The molecule has 0 bridgehead atoms. The highest BCUT2D eigenvalue weighted by Gasteiger charge is 2.33. The minimum absolute atomic E-state index is 0.284. The monoisotopic (exact) mass is 1700 g/mol. The molecule has 0 aliphatic carbocycles. The van der Waals surface area contributed by atoms with Crippen LogP contribution < -0.4 is 39.2 Å². The standard InChI is InChI=1S/C22H25F3N6.C22H25N7.C22H28N6O2S.C21H25BrN6/c1-15-27-18(13-20(28-15)31-9-7-29(2)8-10-31)14-30(3)19-12-17(22(23,24)25)11-16-5-4-6-26-21(16)19;1-16-25-19(13-21(26-16)29-9-7-27(2)8-10-29)15-28(3)20-12-17(14-23)11-18-5-4-6-24-22(18)20;1-16-24-18(13-21(25-16)28-10-8-26(2)9-11-28)15-27(3)20-14-19(31(4,29)30)12-17-6-5-7-23-22(17)20;1-15-24-18(13-20(25-15)28-9-7-26(2)8-10-28)14-27(3)19-12-17(22)11-16-5-4-6-23-21(16)19/h4-6,11-13H,7-10,14H2,1-3H3;4-6,11-13H,7-10,15H2,1-3H3;5-7,12-14H,8-11,15H2,1-4H3;4-6,11-13H,7-10,14H2,1-3H3. The van der Waals surface area contributed by atoms with Gasteiger partial charge < -0.3 is 58.8 Å². The van der Waals surface area contributed by atoms with Gasteiger partial charge in [0.15, 0.2) is 9.84 Å². The minimum atomic E-state index is -4.43. The van der Waals surface area contributed by atoms with E-state index in [9.17, 15) is 26.9 Å². The third-order valence-electron chi connectivity index (χ3n) is 21.6. The molecule has 0 spiro atoms. The van der Waals surface area contributed by atoms with Crippen molar-refractivity contribution in [2.75, 3.05) is 207 Å². The lowest BCUT2D eigenvalue weighted by molar-refractivity contribution is -0.137. The highest BCUT2D eigenvalue weighted by Crippen LogP contribution is 2.38. The van der Waals surface area contributed by atoms with E-state index >= 15 is 0 Å². The molecule has 622 valence electrons. The quantitative estimate of drug-likeness (QED) is 0.0821. The fourth-order valence-electron chi connectivity index (χ4n) is 15.1. The number of alkyl halides is 3. The van der Waals surface area contributed by atoms with E-state index in [0.29, 0.717) is 54.2 Å². The molecule has 0 atom stereocenters. The predicted molar refractivity (Wildman–Crippen MR) is 472 cm³/mol. The Morgan fingerprint density at radius 2 is 0.681 bits per heavy atom. The van der Waals surface area contributed by atoms with Gasteiger partial charge in [-0.25, -0.2) is 48.3 Å². The number of likely N-dealkylation sites (N-methyl/N-ethyl adjacent to an activating group) is 4. The summed E-state index contributed by atoms with van der Waals surface area (Å²) >= 11 is 3.63. The molecule has 32 heteroatoms. The summed E-state index contributed by atoms with van der Waals surface area (Å²) in [5.74, 6) is 6.78. The highest BCUT2D eigenvalue weighted by molar-refractivity contribution is 9.10. The first-order valence-electron chi connectivity index (χ1n) is 39.8. The van der Waals surface area contributed by atoms with E-state index in [-0.39, 0.29) is 4.90 Å². The summed E-state index contributed by atoms with van der Waals surface area (Å²) in [6.07, 6.45) is 3.73. The van der Waals surface area contributed by atoms with Crippen LogP contribution in [0.3, 0.4) is 0 Å². The fraction of sp³-hybridized carbons (Fsp3) is 0.391. The summed E-state index contributed by atoms with van der Waals surface area (Å²) < 4.78 is 65.9. The summed E-state index contributed by atoms with van der Waals surface area (Å²) in [6, 6.07) is 39.0. The predicted octanol–water partition coefficient (Wildman–Crippen LogP) is 11.9. The Kier molecular flexibility index (Phi) is 27.2. The molecule has 0 N–H and O–H groups in total. The van der Waals surface area contributed by atoms with Gasteiger partial charge in [0.2, 0.25) is 0 Å². The second-order valence-electron chi connectivity index (χ2n) is 31.2. The first kappa shape index (κ1) is 85.7. The van der Waals surface area contributed by atoms with E-state index in [1.165, 1.54) is 6.26 Å². The third-order valence-corrected chi connectivity index (χ3v) is 23.2. The Morgan fingerprint density at radius 3 is 0.992 bits per heavy atom. The molecule has 4 aromatic carbocycles. The lowest BCUT2D eigenvalue weighted by Crippen LogP contribution is -2.45. The van der Waals surface area contributed by atoms with Crippen LogP contribution in [0.2, 0.25) is 0 Å². The van der Waals surface area contributed by atoms with Gasteiger partial charge in [-0.2, -0.15) is 18.4 Å². The van der Waals surface area contributed by atoms with E-state index in [2.05, 4.69) is 196 Å². The van der Waals surface area contributed by atoms with E-state index in [0.717, 1.165) is 235 Å². The number of aromatic nitrogens is 12. The van der Waals surface area contributed by atoms with Gasteiger partial charge in [-0.1, -0.05) is 40.2 Å². The number of halogens is 4. The summed E-state index contributed by atoms with van der Waals surface area (Å²) in [4.78, 5) is 81.8. The number of aryl methyl sites for hydroxylation is 4. The molecule has 0 unspecified atom stereocenters. The maximum atomic E-state index is 13.5. The third kappa shape index (κ3) is 22.0. The molecule has 4 aliphatic heterocycles. The van der Waals surface area contributed by atoms with Crippen molar-refractivity contribution in [3.8, 4) is 6.07 Å². The molecule has 0 radical (unpaired) electrons. The second-order valence-corrected chi connectivity index (χ2v) is 34.1. The van der Waals surface area contributed by atoms with Crippen molar-refractivity contribution < 1.29 is 21.6 Å². The van der Waals surface area contributed by atoms with Gasteiger partial charge in [0, 0.05) is 214 Å². The van der Waals surface area contributed by atoms with Crippen molar-refractivity contribution in [3.05, 3.63) is 208 Å². The van der Waals surface area contributed by atoms with Crippen LogP contribution in [0.15, 0.2) is 155 Å². The topological polar surface area (TPSA) is 251 Å². The number of hydrogen-bond acceptors (Lipinski definition) is 27. The zero-order chi connectivity index (χ0) is 84.4. The normalized spacial score (nSPS) is 15.2. The lowest BCUT2D eigenvalue weighted by Gasteiger charge is -2.33. The van der Waals surface area contributed by atoms with E-state index in [1.807, 2.05) is 107 Å². The van der Waals surface area contributed by atoms with Crippen molar-refractivity contribution in [1.29, 1.82) is 5.26 Å². The van der Waals surface area contributed by atoms with Crippen LogP contribution in [0.25, 0.3) is 43.6 Å². The molecule has 4 fully saturated rings. The Balaban J connectivity index is 0.000000137. The maximum absolute atomic E-state index is 13.5. The summed E-state index contributed by atoms with van der Waals surface area (Å²) in [7, 11) is 13.0. The molecule has 0 saturated carbocycles. The van der Waals surface area contributed by atoms with Gasteiger partial charge in [-0.3, -0.25) is 19.9 Å². The number of fused-ring (bicyclic) bond motifs is 4. The highest BCUT2D eigenvalue weighted by atomic mass is 79.9. The number of piperazine rings is 4. The zero-order valence-electron chi connectivity index (χ0n) is 69.9. The lowest BCUT2D eigenvalue weighted by atomic mass is 10.1. The van der Waals surface area contributed by atoms with Gasteiger partial charge in [0.25, 0.3) is 0 Å². The Labute approximate surface area is 702 Å². The van der Waals surface area contributed by atoms with Gasteiger partial charge in [0.1, 0.15) is 46.6 Å². The fourth-order valence-corrected chi connectivity index (χ4v) is 16.2. The Morgan fingerprint density at radius 1 is 0.395 bits per heavy atom. The molecule has 0 amide bonds.